The molecule has 1 aromatic carbocycles. The molecule has 5 nitrogen and oxygen atoms in total. The maximum atomic E-state index is 10.9. The predicted octanol–water partition coefficient (Wildman–Crippen LogP) is 1.57. The van der Waals surface area contributed by atoms with Gasteiger partial charge >= 0.3 is 6.09 Å². The van der Waals surface area contributed by atoms with E-state index < -0.39 is 6.09 Å². The number of hydrogen-bond acceptors (Lipinski definition) is 4. The SMILES string of the molecule is CCOc1cccc([C@@H]2COC(=O)N2)c1O. The van der Waals surface area contributed by atoms with Gasteiger partial charge in [-0.3, -0.25) is 0 Å². The molecule has 5 heteroatoms. The van der Waals surface area contributed by atoms with E-state index in [1.54, 1.807) is 18.2 Å². The van der Waals surface area contributed by atoms with Gasteiger partial charge in [0.1, 0.15) is 6.61 Å². The van der Waals surface area contributed by atoms with E-state index >= 15 is 0 Å². The van der Waals surface area contributed by atoms with Crippen LogP contribution in [0.15, 0.2) is 18.2 Å². The number of ether oxygens (including phenoxy) is 2. The summed E-state index contributed by atoms with van der Waals surface area (Å²) < 4.78 is 10.0. The lowest BCUT2D eigenvalue weighted by atomic mass is 10.1. The van der Waals surface area contributed by atoms with Crippen molar-refractivity contribution >= 4 is 6.09 Å². The molecule has 1 aliphatic heterocycles. The number of cyclic esters (lactones) is 1. The lowest BCUT2D eigenvalue weighted by Crippen LogP contribution is -2.18. The summed E-state index contributed by atoms with van der Waals surface area (Å²) in [5, 5.41) is 12.5. The maximum Gasteiger partial charge on any atom is 0.407 e. The van der Waals surface area contributed by atoms with Crippen molar-refractivity contribution in [1.82, 2.24) is 5.32 Å². The molecule has 16 heavy (non-hydrogen) atoms. The first kappa shape index (κ1) is 10.6. The van der Waals surface area contributed by atoms with Gasteiger partial charge in [-0.2, -0.15) is 0 Å². The molecule has 0 bridgehead atoms. The van der Waals surface area contributed by atoms with Crippen molar-refractivity contribution in [1.29, 1.82) is 0 Å². The fourth-order valence-corrected chi connectivity index (χ4v) is 1.64. The molecule has 0 spiro atoms. The number of phenolic OH excluding ortho intramolecular Hbond substituents is 1. The van der Waals surface area contributed by atoms with Gasteiger partial charge in [-0.1, -0.05) is 12.1 Å². The molecule has 1 atom stereocenters. The molecule has 86 valence electrons. The highest BCUT2D eigenvalue weighted by Crippen LogP contribution is 2.34. The van der Waals surface area contributed by atoms with Crippen LogP contribution in [0.2, 0.25) is 0 Å². The van der Waals surface area contributed by atoms with Crippen LogP contribution < -0.4 is 10.1 Å². The quantitative estimate of drug-likeness (QED) is 0.816. The third kappa shape index (κ3) is 1.88. The third-order valence-corrected chi connectivity index (χ3v) is 2.38. The largest absolute Gasteiger partial charge is 0.504 e. The van der Waals surface area contributed by atoms with Crippen LogP contribution in [-0.4, -0.2) is 24.4 Å². The molecule has 1 fully saturated rings. The van der Waals surface area contributed by atoms with Crippen molar-refractivity contribution < 1.29 is 19.4 Å². The number of benzene rings is 1. The molecule has 0 unspecified atom stereocenters. The molecular weight excluding hydrogens is 210 g/mol. The van der Waals surface area contributed by atoms with Crippen molar-refractivity contribution in [3.63, 3.8) is 0 Å². The molecule has 0 saturated carbocycles. The van der Waals surface area contributed by atoms with E-state index in [0.717, 1.165) is 0 Å². The van der Waals surface area contributed by atoms with Gasteiger partial charge in [0.05, 0.1) is 12.6 Å². The lowest BCUT2D eigenvalue weighted by molar-refractivity contribution is 0.176. The first-order valence-corrected chi connectivity index (χ1v) is 5.10. The van der Waals surface area contributed by atoms with Crippen LogP contribution in [0.4, 0.5) is 4.79 Å². The standard InChI is InChI=1S/C11H13NO4/c1-2-15-9-5-3-4-7(10(9)13)8-6-16-11(14)12-8/h3-5,8,13H,2,6H2,1H3,(H,12,14)/t8-/m0/s1. The predicted molar refractivity (Wildman–Crippen MR) is 56.5 cm³/mol. The number of alkyl carbamates (subject to hydrolysis) is 1. The number of rotatable bonds is 3. The van der Waals surface area contributed by atoms with Gasteiger partial charge in [0.25, 0.3) is 0 Å². The number of carbonyl (C=O) groups is 1. The van der Waals surface area contributed by atoms with Crippen molar-refractivity contribution in [2.45, 2.75) is 13.0 Å². The smallest absolute Gasteiger partial charge is 0.407 e. The normalized spacial score (nSPS) is 19.1. The van der Waals surface area contributed by atoms with Gasteiger partial charge in [-0.05, 0) is 13.0 Å². The van der Waals surface area contributed by atoms with E-state index in [1.165, 1.54) is 0 Å². The summed E-state index contributed by atoms with van der Waals surface area (Å²) in [5.74, 6) is 0.473. The molecule has 1 saturated heterocycles. The highest BCUT2D eigenvalue weighted by atomic mass is 16.6. The molecule has 0 radical (unpaired) electrons. The summed E-state index contributed by atoms with van der Waals surface area (Å²) in [6.07, 6.45) is -0.466. The summed E-state index contributed by atoms with van der Waals surface area (Å²) in [6, 6.07) is 4.87. The zero-order valence-corrected chi connectivity index (χ0v) is 8.90. The highest BCUT2D eigenvalue weighted by molar-refractivity contribution is 5.70. The van der Waals surface area contributed by atoms with Crippen molar-refractivity contribution in [3.05, 3.63) is 23.8 Å². The summed E-state index contributed by atoms with van der Waals surface area (Å²) in [6.45, 7) is 2.54. The van der Waals surface area contributed by atoms with Crippen molar-refractivity contribution in [3.8, 4) is 11.5 Å². The number of phenols is 1. The molecule has 0 aromatic heterocycles. The van der Waals surface area contributed by atoms with Crippen LogP contribution in [0.1, 0.15) is 18.5 Å². The summed E-state index contributed by atoms with van der Waals surface area (Å²) in [7, 11) is 0. The molecular formula is C11H13NO4. The Morgan fingerprint density at radius 1 is 1.62 bits per heavy atom. The molecule has 1 amide bonds. The topological polar surface area (TPSA) is 67.8 Å². The fraction of sp³-hybridized carbons (Fsp3) is 0.364. The number of amides is 1. The number of para-hydroxylation sites is 1. The Balaban J connectivity index is 2.27. The van der Waals surface area contributed by atoms with Gasteiger partial charge in [0, 0.05) is 5.56 Å². The number of hydrogen-bond donors (Lipinski definition) is 2. The molecule has 1 aliphatic rings. The van der Waals surface area contributed by atoms with Gasteiger partial charge in [0.15, 0.2) is 11.5 Å². The minimum atomic E-state index is -0.466. The Hall–Kier alpha value is -1.91. The minimum Gasteiger partial charge on any atom is -0.504 e. The van der Waals surface area contributed by atoms with Crippen LogP contribution in [0.3, 0.4) is 0 Å². The van der Waals surface area contributed by atoms with Gasteiger partial charge in [-0.25, -0.2) is 4.79 Å². The van der Waals surface area contributed by atoms with Gasteiger partial charge < -0.3 is 19.9 Å². The summed E-state index contributed by atoms with van der Waals surface area (Å²) in [4.78, 5) is 10.9. The van der Waals surface area contributed by atoms with Crippen LogP contribution in [0, 0.1) is 0 Å². The Kier molecular flexibility index (Phi) is 2.85. The number of nitrogens with one attached hydrogen (secondary N) is 1. The molecule has 1 heterocycles. The number of carbonyl (C=O) groups excluding carboxylic acids is 1. The molecule has 2 rings (SSSR count). The first-order valence-electron chi connectivity index (χ1n) is 5.10. The monoisotopic (exact) mass is 223 g/mol. The average Bonchev–Trinajstić information content (AvgIpc) is 2.68. The maximum absolute atomic E-state index is 10.9. The third-order valence-electron chi connectivity index (χ3n) is 2.38. The van der Waals surface area contributed by atoms with E-state index in [-0.39, 0.29) is 18.4 Å². The van der Waals surface area contributed by atoms with Gasteiger partial charge in [-0.15, -0.1) is 0 Å². The van der Waals surface area contributed by atoms with Crippen LogP contribution in [-0.2, 0) is 4.74 Å². The highest BCUT2D eigenvalue weighted by Gasteiger charge is 2.27. The Morgan fingerprint density at radius 2 is 2.44 bits per heavy atom. The second kappa shape index (κ2) is 4.30. The molecule has 1 aromatic rings. The second-order valence-corrected chi connectivity index (χ2v) is 3.42. The first-order chi connectivity index (χ1) is 7.72. The van der Waals surface area contributed by atoms with Crippen LogP contribution in [0.5, 0.6) is 11.5 Å². The molecule has 2 N–H and O–H groups in total. The summed E-state index contributed by atoms with van der Waals surface area (Å²) in [5.41, 5.74) is 0.608. The minimum absolute atomic E-state index is 0.0557. The van der Waals surface area contributed by atoms with E-state index in [9.17, 15) is 9.90 Å². The zero-order chi connectivity index (χ0) is 11.5. The lowest BCUT2D eigenvalue weighted by Gasteiger charge is -2.13. The van der Waals surface area contributed by atoms with E-state index in [0.29, 0.717) is 17.9 Å². The van der Waals surface area contributed by atoms with E-state index in [2.05, 4.69) is 5.32 Å². The van der Waals surface area contributed by atoms with Crippen molar-refractivity contribution in [2.75, 3.05) is 13.2 Å². The number of aromatic hydroxyl groups is 1. The fourth-order valence-electron chi connectivity index (χ4n) is 1.64. The van der Waals surface area contributed by atoms with Gasteiger partial charge in [0.2, 0.25) is 0 Å². The van der Waals surface area contributed by atoms with Crippen LogP contribution >= 0.6 is 0 Å². The Bertz CT molecular complexity index is 405. The Morgan fingerprint density at radius 3 is 3.06 bits per heavy atom. The Labute approximate surface area is 93.0 Å². The van der Waals surface area contributed by atoms with E-state index in [1.807, 2.05) is 6.92 Å². The zero-order valence-electron chi connectivity index (χ0n) is 8.90. The summed E-state index contributed by atoms with van der Waals surface area (Å²) >= 11 is 0. The average molecular weight is 223 g/mol. The van der Waals surface area contributed by atoms with E-state index in [4.69, 9.17) is 9.47 Å². The molecule has 0 aliphatic carbocycles. The van der Waals surface area contributed by atoms with Crippen molar-refractivity contribution in [2.24, 2.45) is 0 Å². The second-order valence-electron chi connectivity index (χ2n) is 3.42. The van der Waals surface area contributed by atoms with Crippen LogP contribution in [0.25, 0.3) is 0 Å².